The number of thioether (sulfide) groups is 1. The van der Waals surface area contributed by atoms with E-state index in [0.29, 0.717) is 22.2 Å². The molecule has 3 rings (SSSR count). The highest BCUT2D eigenvalue weighted by Gasteiger charge is 2.30. The highest BCUT2D eigenvalue weighted by atomic mass is 32.2. The summed E-state index contributed by atoms with van der Waals surface area (Å²) in [6.07, 6.45) is 2.65. The zero-order chi connectivity index (χ0) is 21.8. The summed E-state index contributed by atoms with van der Waals surface area (Å²) in [5.41, 5.74) is 1.73. The van der Waals surface area contributed by atoms with Gasteiger partial charge in [-0.05, 0) is 51.1 Å². The third-order valence-electron chi connectivity index (χ3n) is 4.74. The number of aromatic nitrogens is 1. The van der Waals surface area contributed by atoms with Crippen LogP contribution in [0.3, 0.4) is 0 Å². The molecule has 8 heteroatoms. The number of amides is 1. The molecule has 0 spiro atoms. The lowest BCUT2D eigenvalue weighted by atomic mass is 10.1. The smallest absolute Gasteiger partial charge is 0.340 e. The molecule has 30 heavy (non-hydrogen) atoms. The number of para-hydroxylation sites is 1. The largest absolute Gasteiger partial charge is 0.449 e. The Hall–Kier alpha value is -3.18. The van der Waals surface area contributed by atoms with Crippen LogP contribution in [0.25, 0.3) is 0 Å². The average Bonchev–Trinajstić information content (AvgIpc) is 3.58. The Labute approximate surface area is 178 Å². The summed E-state index contributed by atoms with van der Waals surface area (Å²) in [4.78, 5) is 41.5. The Bertz CT molecular complexity index is 1060. The Morgan fingerprint density at radius 3 is 2.57 bits per heavy atom. The van der Waals surface area contributed by atoms with Crippen LogP contribution >= 0.6 is 11.8 Å². The molecule has 1 unspecified atom stereocenters. The minimum atomic E-state index is -1.13. The van der Waals surface area contributed by atoms with Crippen molar-refractivity contribution in [2.75, 3.05) is 11.6 Å². The van der Waals surface area contributed by atoms with Crippen molar-refractivity contribution in [2.45, 2.75) is 43.7 Å². The molecule has 154 valence electrons. The van der Waals surface area contributed by atoms with Crippen molar-refractivity contribution in [3.8, 4) is 6.07 Å². The van der Waals surface area contributed by atoms with Gasteiger partial charge >= 0.3 is 5.97 Å². The number of hydrogen-bond acceptors (Lipinski definition) is 7. The maximum Gasteiger partial charge on any atom is 0.340 e. The molecule has 0 bridgehead atoms. The van der Waals surface area contributed by atoms with Gasteiger partial charge in [0, 0.05) is 17.2 Å². The molecule has 1 fully saturated rings. The first kappa shape index (κ1) is 21.5. The second kappa shape index (κ2) is 9.09. The van der Waals surface area contributed by atoms with Gasteiger partial charge in [-0.25, -0.2) is 9.78 Å². The summed E-state index contributed by atoms with van der Waals surface area (Å²) in [5, 5.41) is 12.6. The van der Waals surface area contributed by atoms with E-state index in [9.17, 15) is 19.6 Å². The zero-order valence-corrected chi connectivity index (χ0v) is 17.7. The quantitative estimate of drug-likeness (QED) is 0.408. The molecule has 1 amide bonds. The minimum absolute atomic E-state index is 0.113. The third kappa shape index (κ3) is 4.69. The lowest BCUT2D eigenvalue weighted by Gasteiger charge is -2.16. The van der Waals surface area contributed by atoms with Crippen molar-refractivity contribution >= 4 is 35.1 Å². The van der Waals surface area contributed by atoms with E-state index in [1.807, 2.05) is 6.07 Å². The molecule has 0 radical (unpaired) electrons. The van der Waals surface area contributed by atoms with Crippen molar-refractivity contribution in [1.82, 2.24) is 4.98 Å². The fourth-order valence-electron chi connectivity index (χ4n) is 2.96. The van der Waals surface area contributed by atoms with Crippen molar-refractivity contribution < 1.29 is 19.1 Å². The number of nitrogens with one attached hydrogen (secondary N) is 1. The van der Waals surface area contributed by atoms with Gasteiger partial charge in [-0.3, -0.25) is 9.59 Å². The Balaban J connectivity index is 1.79. The molecule has 7 nitrogen and oxygen atoms in total. The van der Waals surface area contributed by atoms with Gasteiger partial charge in [0.05, 0.1) is 16.8 Å². The average molecular weight is 423 g/mol. The van der Waals surface area contributed by atoms with Gasteiger partial charge in [-0.15, -0.1) is 11.8 Å². The molecule has 0 saturated heterocycles. The van der Waals surface area contributed by atoms with E-state index in [1.54, 1.807) is 36.6 Å². The van der Waals surface area contributed by atoms with E-state index in [2.05, 4.69) is 10.3 Å². The van der Waals surface area contributed by atoms with E-state index >= 15 is 0 Å². The fraction of sp³-hybridized carbons (Fsp3) is 0.318. The number of Topliss-reactive ketones (excluding diaryl/α,β-unsaturated/α-hetero) is 1. The number of hydrogen-bond donors (Lipinski definition) is 1. The van der Waals surface area contributed by atoms with Crippen LogP contribution in [0.5, 0.6) is 0 Å². The van der Waals surface area contributed by atoms with Crippen LogP contribution < -0.4 is 5.32 Å². The van der Waals surface area contributed by atoms with Gasteiger partial charge in [0.15, 0.2) is 11.9 Å². The molecule has 1 heterocycles. The third-order valence-corrected chi connectivity index (χ3v) is 5.43. The van der Waals surface area contributed by atoms with Gasteiger partial charge in [0.2, 0.25) is 0 Å². The number of rotatable bonds is 7. The monoisotopic (exact) mass is 423 g/mol. The second-order valence-corrected chi connectivity index (χ2v) is 7.80. The highest BCUT2D eigenvalue weighted by molar-refractivity contribution is 7.98. The molecule has 1 N–H and O–H groups in total. The van der Waals surface area contributed by atoms with Gasteiger partial charge in [0.1, 0.15) is 11.1 Å². The van der Waals surface area contributed by atoms with E-state index in [1.165, 1.54) is 25.6 Å². The first-order valence-corrected chi connectivity index (χ1v) is 10.7. The van der Waals surface area contributed by atoms with Crippen molar-refractivity contribution in [2.24, 2.45) is 0 Å². The summed E-state index contributed by atoms with van der Waals surface area (Å²) in [5.74, 6) is -1.23. The Kier molecular flexibility index (Phi) is 6.53. The zero-order valence-electron chi connectivity index (χ0n) is 16.9. The Morgan fingerprint density at radius 2 is 1.97 bits per heavy atom. The SMILES string of the molecule is CSc1nc(C2CC2)cc(C(=O)OC(C)C(=O)Nc2ccccc2C(C)=O)c1C#N. The predicted molar refractivity (Wildman–Crippen MR) is 113 cm³/mol. The number of benzene rings is 1. The number of nitriles is 1. The van der Waals surface area contributed by atoms with Crippen LogP contribution in [-0.2, 0) is 9.53 Å². The van der Waals surface area contributed by atoms with E-state index in [4.69, 9.17) is 4.74 Å². The van der Waals surface area contributed by atoms with Gasteiger partial charge in [-0.1, -0.05) is 12.1 Å². The van der Waals surface area contributed by atoms with Crippen LogP contribution in [0.1, 0.15) is 64.6 Å². The van der Waals surface area contributed by atoms with Crippen molar-refractivity contribution in [1.29, 1.82) is 5.26 Å². The van der Waals surface area contributed by atoms with Crippen molar-refractivity contribution in [3.63, 3.8) is 0 Å². The summed E-state index contributed by atoms with van der Waals surface area (Å²) < 4.78 is 5.34. The van der Waals surface area contributed by atoms with Gasteiger partial charge in [0.25, 0.3) is 5.91 Å². The number of carbonyl (C=O) groups excluding carboxylic acids is 3. The summed E-state index contributed by atoms with van der Waals surface area (Å²) in [6, 6.07) is 10.2. The molecule has 0 aliphatic heterocycles. The molecule has 1 aromatic heterocycles. The van der Waals surface area contributed by atoms with Crippen LogP contribution in [-0.4, -0.2) is 35.0 Å². The minimum Gasteiger partial charge on any atom is -0.449 e. The lowest BCUT2D eigenvalue weighted by molar-refractivity contribution is -0.123. The summed E-state index contributed by atoms with van der Waals surface area (Å²) >= 11 is 1.29. The first-order chi connectivity index (χ1) is 14.3. The topological polar surface area (TPSA) is 109 Å². The fourth-order valence-corrected chi connectivity index (χ4v) is 3.51. The van der Waals surface area contributed by atoms with Crippen LogP contribution in [0, 0.1) is 11.3 Å². The summed E-state index contributed by atoms with van der Waals surface area (Å²) in [6.45, 7) is 2.84. The molecule has 1 atom stereocenters. The number of esters is 1. The molecular formula is C22H21N3O4S. The van der Waals surface area contributed by atoms with Gasteiger partial charge < -0.3 is 10.1 Å². The molecule has 1 aliphatic rings. The van der Waals surface area contributed by atoms with Crippen LogP contribution in [0.2, 0.25) is 0 Å². The van der Waals surface area contributed by atoms with E-state index < -0.39 is 18.0 Å². The van der Waals surface area contributed by atoms with Crippen molar-refractivity contribution in [3.05, 3.63) is 52.7 Å². The highest BCUT2D eigenvalue weighted by Crippen LogP contribution is 2.40. The number of nitrogens with zero attached hydrogens (tertiary/aromatic N) is 2. The van der Waals surface area contributed by atoms with Gasteiger partial charge in [-0.2, -0.15) is 5.26 Å². The lowest BCUT2D eigenvalue weighted by Crippen LogP contribution is -2.30. The van der Waals surface area contributed by atoms with E-state index in [0.717, 1.165) is 18.5 Å². The number of carbonyl (C=O) groups is 3. The molecule has 1 aliphatic carbocycles. The normalized spacial score (nSPS) is 13.8. The van der Waals surface area contributed by atoms with Crippen LogP contribution in [0.15, 0.2) is 35.4 Å². The Morgan fingerprint density at radius 1 is 1.27 bits per heavy atom. The molecule has 1 saturated carbocycles. The second-order valence-electron chi connectivity index (χ2n) is 7.00. The maximum atomic E-state index is 12.8. The predicted octanol–water partition coefficient (Wildman–Crippen LogP) is 3.94. The maximum absolute atomic E-state index is 12.8. The van der Waals surface area contributed by atoms with Crippen LogP contribution in [0.4, 0.5) is 5.69 Å². The summed E-state index contributed by atoms with van der Waals surface area (Å²) in [7, 11) is 0. The number of ketones is 1. The number of pyridine rings is 1. The standard InChI is InChI=1S/C22H21N3O4S/c1-12(26)15-6-4-5-7-18(15)24-20(27)13(2)29-22(28)16-10-19(14-8-9-14)25-21(30-3)17(16)11-23/h4-7,10,13-14H,8-9H2,1-3H3,(H,24,27). The molecule has 1 aromatic carbocycles. The number of anilines is 1. The molecular weight excluding hydrogens is 402 g/mol. The molecule has 2 aromatic rings. The number of ether oxygens (including phenoxy) is 1. The first-order valence-electron chi connectivity index (χ1n) is 9.46. The van der Waals surface area contributed by atoms with E-state index in [-0.39, 0.29) is 16.9 Å².